The molecule has 94 valence electrons. The smallest absolute Gasteiger partial charge is 0.234 e. The van der Waals surface area contributed by atoms with Crippen molar-refractivity contribution >= 4 is 21.8 Å². The Balaban J connectivity index is 2.15. The summed E-state index contributed by atoms with van der Waals surface area (Å²) in [7, 11) is 1.81. The van der Waals surface area contributed by atoms with Gasteiger partial charge in [-0.15, -0.1) is 0 Å². The normalized spacial score (nSPS) is 25.4. The van der Waals surface area contributed by atoms with Crippen LogP contribution in [0.25, 0.3) is 0 Å². The van der Waals surface area contributed by atoms with Crippen molar-refractivity contribution in [2.24, 2.45) is 12.8 Å². The number of alkyl halides is 1. The van der Waals surface area contributed by atoms with Gasteiger partial charge < -0.3 is 5.73 Å². The fraction of sp³-hybridized carbons (Fsp3) is 0.600. The van der Waals surface area contributed by atoms with Crippen LogP contribution in [0.4, 0.5) is 4.39 Å². The molecular weight excluding hydrogens is 291 g/mol. The summed E-state index contributed by atoms with van der Waals surface area (Å²) in [5.41, 5.74) is 6.18. The van der Waals surface area contributed by atoms with Gasteiger partial charge in [0.25, 0.3) is 0 Å². The third-order valence-corrected chi connectivity index (χ3v) is 3.71. The summed E-state index contributed by atoms with van der Waals surface area (Å²) in [5.74, 6) is -0.469. The minimum Gasteiger partial charge on any atom is -0.368 e. The van der Waals surface area contributed by atoms with Crippen molar-refractivity contribution in [1.29, 1.82) is 0 Å². The number of halogens is 2. The van der Waals surface area contributed by atoms with Crippen LogP contribution < -0.4 is 5.73 Å². The fourth-order valence-electron chi connectivity index (χ4n) is 2.12. The molecule has 1 aliphatic heterocycles. The van der Waals surface area contributed by atoms with Gasteiger partial charge in [-0.3, -0.25) is 14.4 Å². The minimum atomic E-state index is -0.987. The van der Waals surface area contributed by atoms with E-state index in [4.69, 9.17) is 5.73 Å². The molecule has 0 spiro atoms. The monoisotopic (exact) mass is 304 g/mol. The average molecular weight is 305 g/mol. The molecule has 2 rings (SSSR count). The highest BCUT2D eigenvalue weighted by atomic mass is 79.9. The SMILES string of the molecule is Cn1ncc(Br)c1CN1C[C@H](F)C[C@H]1C(N)=O. The van der Waals surface area contributed by atoms with Crippen LogP contribution in [-0.4, -0.2) is 39.3 Å². The number of likely N-dealkylation sites (tertiary alicyclic amines) is 1. The van der Waals surface area contributed by atoms with Gasteiger partial charge in [0.1, 0.15) is 6.17 Å². The molecule has 5 nitrogen and oxygen atoms in total. The Kier molecular flexibility index (Phi) is 3.48. The van der Waals surface area contributed by atoms with E-state index in [0.29, 0.717) is 6.54 Å². The number of aryl methyl sites for hydroxylation is 1. The quantitative estimate of drug-likeness (QED) is 0.888. The largest absolute Gasteiger partial charge is 0.368 e. The fourth-order valence-corrected chi connectivity index (χ4v) is 2.60. The predicted molar refractivity (Wildman–Crippen MR) is 63.8 cm³/mol. The summed E-state index contributed by atoms with van der Waals surface area (Å²) in [6.45, 7) is 0.705. The van der Waals surface area contributed by atoms with Crippen molar-refractivity contribution in [3.63, 3.8) is 0 Å². The topological polar surface area (TPSA) is 64.2 Å². The summed E-state index contributed by atoms with van der Waals surface area (Å²) >= 11 is 3.38. The van der Waals surface area contributed by atoms with Crippen LogP contribution in [0.1, 0.15) is 12.1 Å². The molecule has 0 aromatic carbocycles. The Hall–Kier alpha value is -0.950. The number of aromatic nitrogens is 2. The van der Waals surface area contributed by atoms with Crippen LogP contribution in [0, 0.1) is 0 Å². The van der Waals surface area contributed by atoms with E-state index in [1.807, 2.05) is 7.05 Å². The standard InChI is InChI=1S/C10H14BrFN4O/c1-15-9(7(11)3-14-15)5-16-4-6(12)2-8(16)10(13)17/h3,6,8H,2,4-5H2,1H3,(H2,13,17)/t6-,8+/m1/s1. The first-order valence-electron chi connectivity index (χ1n) is 5.33. The van der Waals surface area contributed by atoms with Gasteiger partial charge in [0.2, 0.25) is 5.91 Å². The predicted octanol–water partition coefficient (Wildman–Crippen LogP) is 0.580. The zero-order valence-electron chi connectivity index (χ0n) is 9.44. The molecule has 0 bridgehead atoms. The molecule has 17 heavy (non-hydrogen) atoms. The van der Waals surface area contributed by atoms with E-state index in [1.54, 1.807) is 15.8 Å². The summed E-state index contributed by atoms with van der Waals surface area (Å²) in [6.07, 6.45) is 0.877. The number of amides is 1. The van der Waals surface area contributed by atoms with Gasteiger partial charge in [-0.25, -0.2) is 4.39 Å². The molecular formula is C10H14BrFN4O. The third-order valence-electron chi connectivity index (χ3n) is 3.04. The third kappa shape index (κ3) is 2.50. The van der Waals surface area contributed by atoms with Gasteiger partial charge in [0.05, 0.1) is 22.4 Å². The number of carbonyl (C=O) groups is 1. The van der Waals surface area contributed by atoms with E-state index in [2.05, 4.69) is 21.0 Å². The van der Waals surface area contributed by atoms with Crippen molar-refractivity contribution in [2.45, 2.75) is 25.2 Å². The van der Waals surface area contributed by atoms with Crippen LogP contribution in [0.2, 0.25) is 0 Å². The number of hydrogen-bond acceptors (Lipinski definition) is 3. The van der Waals surface area contributed by atoms with E-state index in [1.165, 1.54) is 0 Å². The maximum atomic E-state index is 13.3. The molecule has 1 amide bonds. The molecule has 1 aromatic rings. The van der Waals surface area contributed by atoms with Gasteiger partial charge in [0, 0.05) is 26.6 Å². The second-order valence-corrected chi connectivity index (χ2v) is 5.10. The highest BCUT2D eigenvalue weighted by Gasteiger charge is 2.36. The molecule has 7 heteroatoms. The van der Waals surface area contributed by atoms with E-state index in [-0.39, 0.29) is 13.0 Å². The zero-order valence-corrected chi connectivity index (χ0v) is 11.0. The van der Waals surface area contributed by atoms with Gasteiger partial charge >= 0.3 is 0 Å². The van der Waals surface area contributed by atoms with E-state index < -0.39 is 18.1 Å². The molecule has 1 aromatic heterocycles. The van der Waals surface area contributed by atoms with E-state index >= 15 is 0 Å². The minimum absolute atomic E-state index is 0.185. The Labute approximate surface area is 107 Å². The lowest BCUT2D eigenvalue weighted by atomic mass is 10.2. The number of primary amides is 1. The van der Waals surface area contributed by atoms with Gasteiger partial charge in [-0.2, -0.15) is 5.10 Å². The van der Waals surface area contributed by atoms with E-state index in [9.17, 15) is 9.18 Å². The lowest BCUT2D eigenvalue weighted by Gasteiger charge is -2.21. The number of nitrogens with two attached hydrogens (primary N) is 1. The number of nitrogens with zero attached hydrogens (tertiary/aromatic N) is 3. The molecule has 2 atom stereocenters. The first-order valence-corrected chi connectivity index (χ1v) is 6.12. The summed E-state index contributed by atoms with van der Waals surface area (Å²) < 4.78 is 15.9. The molecule has 0 unspecified atom stereocenters. The van der Waals surface area contributed by atoms with Crippen LogP contribution >= 0.6 is 15.9 Å². The van der Waals surface area contributed by atoms with Gasteiger partial charge in [-0.05, 0) is 15.9 Å². The van der Waals surface area contributed by atoms with Crippen LogP contribution in [0.5, 0.6) is 0 Å². The lowest BCUT2D eigenvalue weighted by Crippen LogP contribution is -2.40. The zero-order chi connectivity index (χ0) is 12.6. The highest BCUT2D eigenvalue weighted by molar-refractivity contribution is 9.10. The van der Waals surface area contributed by atoms with E-state index in [0.717, 1.165) is 10.2 Å². The number of carbonyl (C=O) groups excluding carboxylic acids is 1. The Morgan fingerprint density at radius 2 is 2.47 bits per heavy atom. The Morgan fingerprint density at radius 3 is 3.00 bits per heavy atom. The van der Waals surface area contributed by atoms with Crippen molar-refractivity contribution in [3.8, 4) is 0 Å². The summed E-state index contributed by atoms with van der Waals surface area (Å²) in [6, 6.07) is -0.521. The molecule has 0 radical (unpaired) electrons. The van der Waals surface area contributed by atoms with Crippen molar-refractivity contribution in [2.75, 3.05) is 6.54 Å². The van der Waals surface area contributed by atoms with Crippen molar-refractivity contribution in [3.05, 3.63) is 16.4 Å². The van der Waals surface area contributed by atoms with Gasteiger partial charge in [-0.1, -0.05) is 0 Å². The summed E-state index contributed by atoms with van der Waals surface area (Å²) in [4.78, 5) is 13.0. The molecule has 1 saturated heterocycles. The van der Waals surface area contributed by atoms with Crippen LogP contribution in [-0.2, 0) is 18.4 Å². The van der Waals surface area contributed by atoms with Crippen molar-refractivity contribution < 1.29 is 9.18 Å². The highest BCUT2D eigenvalue weighted by Crippen LogP contribution is 2.25. The molecule has 0 aliphatic carbocycles. The average Bonchev–Trinajstić information content (AvgIpc) is 2.76. The molecule has 1 aliphatic rings. The lowest BCUT2D eigenvalue weighted by molar-refractivity contribution is -0.122. The second kappa shape index (κ2) is 4.73. The number of hydrogen-bond donors (Lipinski definition) is 1. The Morgan fingerprint density at radius 1 is 1.76 bits per heavy atom. The maximum Gasteiger partial charge on any atom is 0.234 e. The maximum absolute atomic E-state index is 13.3. The first kappa shape index (κ1) is 12.5. The van der Waals surface area contributed by atoms with Crippen LogP contribution in [0.3, 0.4) is 0 Å². The first-order chi connectivity index (χ1) is 7.99. The van der Waals surface area contributed by atoms with Crippen molar-refractivity contribution in [1.82, 2.24) is 14.7 Å². The van der Waals surface area contributed by atoms with Crippen LogP contribution in [0.15, 0.2) is 10.7 Å². The number of rotatable bonds is 3. The second-order valence-electron chi connectivity index (χ2n) is 4.24. The molecule has 0 saturated carbocycles. The Bertz CT molecular complexity index is 416. The van der Waals surface area contributed by atoms with Gasteiger partial charge in [0.15, 0.2) is 0 Å². The molecule has 1 fully saturated rings. The molecule has 2 heterocycles. The summed E-state index contributed by atoms with van der Waals surface area (Å²) in [5, 5.41) is 4.08. The molecule has 2 N–H and O–H groups in total.